The molecule has 0 aromatic carbocycles. The Labute approximate surface area is 148 Å². The number of aromatic nitrogens is 2. The van der Waals surface area contributed by atoms with Crippen LogP contribution in [-0.4, -0.2) is 59.1 Å². The van der Waals surface area contributed by atoms with E-state index in [0.717, 1.165) is 43.4 Å². The lowest BCUT2D eigenvalue weighted by Gasteiger charge is -2.39. The molecule has 0 spiro atoms. The summed E-state index contributed by atoms with van der Waals surface area (Å²) in [7, 11) is 0. The molecule has 4 rings (SSSR count). The Morgan fingerprint density at radius 2 is 2.28 bits per heavy atom. The predicted octanol–water partition coefficient (Wildman–Crippen LogP) is 1.49. The number of nitrogens with one attached hydrogen (secondary N) is 1. The van der Waals surface area contributed by atoms with Gasteiger partial charge in [-0.1, -0.05) is 12.5 Å². The molecule has 1 aliphatic heterocycles. The molecular formula is C19H26N4O2. The molecule has 0 bridgehead atoms. The van der Waals surface area contributed by atoms with E-state index >= 15 is 0 Å². The average molecular weight is 342 g/mol. The van der Waals surface area contributed by atoms with Crippen LogP contribution in [0, 0.1) is 5.92 Å². The van der Waals surface area contributed by atoms with Crippen LogP contribution < -0.4 is 5.32 Å². The van der Waals surface area contributed by atoms with E-state index in [-0.39, 0.29) is 11.9 Å². The number of imidazole rings is 1. The van der Waals surface area contributed by atoms with Gasteiger partial charge in [-0.3, -0.25) is 9.69 Å². The lowest BCUT2D eigenvalue weighted by Crippen LogP contribution is -2.55. The summed E-state index contributed by atoms with van der Waals surface area (Å²) in [5.41, 5.74) is 1.94. The fourth-order valence-electron chi connectivity index (χ4n) is 3.64. The lowest BCUT2D eigenvalue weighted by atomic mass is 9.84. The van der Waals surface area contributed by atoms with Gasteiger partial charge in [0, 0.05) is 38.4 Å². The Bertz CT molecular complexity index is 692. The van der Waals surface area contributed by atoms with Crippen molar-refractivity contribution in [2.75, 3.05) is 32.8 Å². The average Bonchev–Trinajstić information content (AvgIpc) is 3.01. The molecule has 1 aliphatic carbocycles. The highest BCUT2D eigenvalue weighted by Gasteiger charge is 2.32. The quantitative estimate of drug-likeness (QED) is 0.864. The summed E-state index contributed by atoms with van der Waals surface area (Å²) in [5, 5.41) is 3.07. The zero-order valence-corrected chi connectivity index (χ0v) is 14.6. The molecule has 2 aromatic heterocycles. The molecule has 1 N–H and O–H groups in total. The maximum Gasteiger partial charge on any atom is 0.239 e. The Balaban J connectivity index is 1.29. The number of rotatable bonds is 6. The molecule has 0 radical (unpaired) electrons. The van der Waals surface area contributed by atoms with Gasteiger partial charge in [0.15, 0.2) is 0 Å². The number of ether oxygens (including phenoxy) is 1. The van der Waals surface area contributed by atoms with Crippen molar-refractivity contribution in [2.45, 2.75) is 31.7 Å². The van der Waals surface area contributed by atoms with Gasteiger partial charge < -0.3 is 14.5 Å². The number of hydrogen-bond acceptors (Lipinski definition) is 4. The normalized spacial score (nSPS) is 22.0. The van der Waals surface area contributed by atoms with E-state index in [4.69, 9.17) is 4.74 Å². The molecule has 2 aliphatic rings. The van der Waals surface area contributed by atoms with Gasteiger partial charge in [0.25, 0.3) is 0 Å². The third-order valence-electron chi connectivity index (χ3n) is 5.35. The van der Waals surface area contributed by atoms with E-state index in [1.807, 2.05) is 35.0 Å². The molecule has 25 heavy (non-hydrogen) atoms. The Hall–Kier alpha value is -1.92. The largest absolute Gasteiger partial charge is 0.378 e. The van der Waals surface area contributed by atoms with Gasteiger partial charge in [-0.15, -0.1) is 0 Å². The number of morpholine rings is 1. The number of hydrogen-bond donors (Lipinski definition) is 1. The van der Waals surface area contributed by atoms with Crippen molar-refractivity contribution < 1.29 is 9.53 Å². The smallest absolute Gasteiger partial charge is 0.239 e. The van der Waals surface area contributed by atoms with Crippen molar-refractivity contribution in [2.24, 2.45) is 5.92 Å². The first-order valence-corrected chi connectivity index (χ1v) is 9.32. The van der Waals surface area contributed by atoms with E-state index in [2.05, 4.69) is 15.2 Å². The van der Waals surface area contributed by atoms with Crippen molar-refractivity contribution >= 4 is 11.6 Å². The van der Waals surface area contributed by atoms with Crippen LogP contribution in [0.2, 0.25) is 0 Å². The van der Waals surface area contributed by atoms with E-state index in [0.29, 0.717) is 13.2 Å². The lowest BCUT2D eigenvalue weighted by molar-refractivity contribution is -0.133. The van der Waals surface area contributed by atoms with Crippen LogP contribution in [0.25, 0.3) is 5.65 Å². The second-order valence-electron chi connectivity index (χ2n) is 7.12. The highest BCUT2D eigenvalue weighted by molar-refractivity contribution is 5.82. The zero-order valence-electron chi connectivity index (χ0n) is 14.6. The van der Waals surface area contributed by atoms with Crippen molar-refractivity contribution in [3.63, 3.8) is 0 Å². The first-order chi connectivity index (χ1) is 12.3. The van der Waals surface area contributed by atoms with Crippen LogP contribution in [0.4, 0.5) is 0 Å². The fourth-order valence-corrected chi connectivity index (χ4v) is 3.64. The summed E-state index contributed by atoms with van der Waals surface area (Å²) < 4.78 is 7.56. The fraction of sp³-hybridized carbons (Fsp3) is 0.579. The van der Waals surface area contributed by atoms with Crippen LogP contribution in [0.3, 0.4) is 0 Å². The molecule has 6 heteroatoms. The van der Waals surface area contributed by atoms with Crippen molar-refractivity contribution in [3.05, 3.63) is 36.3 Å². The SMILES string of the molecule is O=C(NCCc1cn2ccccc2n1)[C@H]1COCCN1CC1CCC1. The third kappa shape index (κ3) is 3.85. The molecule has 1 saturated heterocycles. The minimum absolute atomic E-state index is 0.0859. The molecule has 1 atom stereocenters. The molecule has 2 fully saturated rings. The van der Waals surface area contributed by atoms with Crippen LogP contribution >= 0.6 is 0 Å². The maximum atomic E-state index is 12.6. The molecule has 1 amide bonds. The number of nitrogens with zero attached hydrogens (tertiary/aromatic N) is 3. The standard InChI is InChI=1S/C19H26N4O2/c24-19(17-14-25-11-10-22(17)12-15-4-3-5-15)20-8-7-16-13-23-9-2-1-6-18(23)21-16/h1-2,6,9,13,15,17H,3-5,7-8,10-12,14H2,(H,20,24)/t17-/m1/s1. The first-order valence-electron chi connectivity index (χ1n) is 9.32. The van der Waals surface area contributed by atoms with Gasteiger partial charge >= 0.3 is 0 Å². The Morgan fingerprint density at radius 3 is 3.08 bits per heavy atom. The van der Waals surface area contributed by atoms with Gasteiger partial charge in [0.1, 0.15) is 11.7 Å². The molecule has 2 aromatic rings. The highest BCUT2D eigenvalue weighted by Crippen LogP contribution is 2.28. The van der Waals surface area contributed by atoms with Crippen LogP contribution in [0.5, 0.6) is 0 Å². The zero-order chi connectivity index (χ0) is 17.1. The number of fused-ring (bicyclic) bond motifs is 1. The van der Waals surface area contributed by atoms with Gasteiger partial charge in [-0.2, -0.15) is 0 Å². The monoisotopic (exact) mass is 342 g/mol. The second-order valence-corrected chi connectivity index (χ2v) is 7.12. The van der Waals surface area contributed by atoms with Gasteiger partial charge in [-0.05, 0) is 30.9 Å². The topological polar surface area (TPSA) is 58.9 Å². The van der Waals surface area contributed by atoms with Crippen molar-refractivity contribution in [3.8, 4) is 0 Å². The second kappa shape index (κ2) is 7.54. The number of pyridine rings is 1. The van der Waals surface area contributed by atoms with Gasteiger partial charge in [0.2, 0.25) is 5.91 Å². The summed E-state index contributed by atoms with van der Waals surface area (Å²) in [6, 6.07) is 5.81. The molecule has 3 heterocycles. The van der Waals surface area contributed by atoms with Crippen molar-refractivity contribution in [1.82, 2.24) is 19.6 Å². The van der Waals surface area contributed by atoms with Crippen LogP contribution in [0.1, 0.15) is 25.0 Å². The van der Waals surface area contributed by atoms with Gasteiger partial charge in [0.05, 0.1) is 18.9 Å². The Kier molecular flexibility index (Phi) is 4.99. The molecule has 134 valence electrons. The van der Waals surface area contributed by atoms with Crippen molar-refractivity contribution in [1.29, 1.82) is 0 Å². The van der Waals surface area contributed by atoms with E-state index in [1.165, 1.54) is 19.3 Å². The van der Waals surface area contributed by atoms with Crippen LogP contribution in [-0.2, 0) is 16.0 Å². The van der Waals surface area contributed by atoms with Gasteiger partial charge in [-0.25, -0.2) is 4.98 Å². The summed E-state index contributed by atoms with van der Waals surface area (Å²) in [6.45, 7) is 3.75. The Morgan fingerprint density at radius 1 is 1.36 bits per heavy atom. The summed E-state index contributed by atoms with van der Waals surface area (Å²) in [5.74, 6) is 0.856. The number of amides is 1. The highest BCUT2D eigenvalue weighted by atomic mass is 16.5. The minimum atomic E-state index is -0.143. The van der Waals surface area contributed by atoms with Crippen LogP contribution in [0.15, 0.2) is 30.6 Å². The summed E-state index contributed by atoms with van der Waals surface area (Å²) in [6.07, 6.45) is 8.70. The number of carbonyl (C=O) groups excluding carboxylic acids is 1. The maximum absolute atomic E-state index is 12.6. The van der Waals surface area contributed by atoms with E-state index < -0.39 is 0 Å². The number of carbonyl (C=O) groups is 1. The summed E-state index contributed by atoms with van der Waals surface area (Å²) in [4.78, 5) is 19.5. The third-order valence-corrected chi connectivity index (χ3v) is 5.35. The van der Waals surface area contributed by atoms with E-state index in [1.54, 1.807) is 0 Å². The molecule has 6 nitrogen and oxygen atoms in total. The molecular weight excluding hydrogens is 316 g/mol. The van der Waals surface area contributed by atoms with E-state index in [9.17, 15) is 4.79 Å². The minimum Gasteiger partial charge on any atom is -0.378 e. The predicted molar refractivity (Wildman–Crippen MR) is 95.4 cm³/mol. The summed E-state index contributed by atoms with van der Waals surface area (Å²) >= 11 is 0. The molecule has 1 saturated carbocycles. The molecule has 0 unspecified atom stereocenters. The first kappa shape index (κ1) is 16.5.